The van der Waals surface area contributed by atoms with Gasteiger partial charge < -0.3 is 9.84 Å². The van der Waals surface area contributed by atoms with E-state index in [1.165, 1.54) is 18.5 Å². The van der Waals surface area contributed by atoms with Crippen molar-refractivity contribution in [2.45, 2.75) is 26.4 Å². The van der Waals surface area contributed by atoms with Gasteiger partial charge in [0.15, 0.2) is 0 Å². The first kappa shape index (κ1) is 14.7. The summed E-state index contributed by atoms with van der Waals surface area (Å²) in [6, 6.07) is 1.56. The van der Waals surface area contributed by atoms with Gasteiger partial charge >= 0.3 is 12.1 Å². The zero-order valence-electron chi connectivity index (χ0n) is 11.0. The lowest BCUT2D eigenvalue weighted by molar-refractivity contribution is -0.131. The van der Waals surface area contributed by atoms with Crippen LogP contribution in [0.5, 0.6) is 0 Å². The molecule has 0 aliphatic heterocycles. The van der Waals surface area contributed by atoms with Crippen LogP contribution in [0.3, 0.4) is 0 Å². The summed E-state index contributed by atoms with van der Waals surface area (Å²) >= 11 is 0. The fourth-order valence-corrected chi connectivity index (χ4v) is 1.23. The Kier molecular flexibility index (Phi) is 4.63. The van der Waals surface area contributed by atoms with Gasteiger partial charge in [-0.05, 0) is 32.9 Å². The number of nitrogens with one attached hydrogen (secondary N) is 1. The summed E-state index contributed by atoms with van der Waals surface area (Å²) in [7, 11) is 0. The highest BCUT2D eigenvalue weighted by molar-refractivity contribution is 5.91. The number of ether oxygens (including phenoxy) is 1. The Labute approximate surface area is 111 Å². The van der Waals surface area contributed by atoms with Gasteiger partial charge in [-0.3, -0.25) is 10.3 Å². The summed E-state index contributed by atoms with van der Waals surface area (Å²) in [5.41, 5.74) is 0.311. The quantitative estimate of drug-likeness (QED) is 0.819. The van der Waals surface area contributed by atoms with Crippen LogP contribution in [0.4, 0.5) is 10.5 Å². The van der Waals surface area contributed by atoms with Crippen molar-refractivity contribution in [3.8, 4) is 0 Å². The van der Waals surface area contributed by atoms with E-state index < -0.39 is 17.7 Å². The number of anilines is 1. The number of hydrogen-bond donors (Lipinski definition) is 2. The Hall–Kier alpha value is -2.37. The van der Waals surface area contributed by atoms with E-state index in [1.807, 2.05) is 0 Å². The SMILES string of the molecule is CC(C)(C)OC(=O)Nc1ccncc1/C=C/C(=O)O. The second-order valence-electron chi connectivity index (χ2n) is 4.76. The molecule has 1 heterocycles. The van der Waals surface area contributed by atoms with E-state index in [-0.39, 0.29) is 0 Å². The predicted molar refractivity (Wildman–Crippen MR) is 70.8 cm³/mol. The maximum Gasteiger partial charge on any atom is 0.412 e. The van der Waals surface area contributed by atoms with Crippen molar-refractivity contribution >= 4 is 23.8 Å². The molecular weight excluding hydrogens is 248 g/mol. The molecule has 2 N–H and O–H groups in total. The summed E-state index contributed by atoms with van der Waals surface area (Å²) in [6.07, 6.45) is 4.65. The minimum absolute atomic E-state index is 0.432. The van der Waals surface area contributed by atoms with Gasteiger partial charge in [0.25, 0.3) is 0 Å². The number of aliphatic carboxylic acids is 1. The van der Waals surface area contributed by atoms with Crippen LogP contribution in [0.15, 0.2) is 24.5 Å². The highest BCUT2D eigenvalue weighted by Gasteiger charge is 2.16. The number of carbonyl (C=O) groups is 2. The van der Waals surface area contributed by atoms with Crippen LogP contribution in [0.2, 0.25) is 0 Å². The van der Waals surface area contributed by atoms with Crippen LogP contribution in [-0.4, -0.2) is 27.8 Å². The Morgan fingerprint density at radius 1 is 1.42 bits per heavy atom. The van der Waals surface area contributed by atoms with Crippen LogP contribution in [-0.2, 0) is 9.53 Å². The van der Waals surface area contributed by atoms with E-state index in [2.05, 4.69) is 10.3 Å². The van der Waals surface area contributed by atoms with Crippen molar-refractivity contribution in [1.29, 1.82) is 0 Å². The molecule has 102 valence electrons. The van der Waals surface area contributed by atoms with Gasteiger partial charge in [-0.15, -0.1) is 0 Å². The van der Waals surface area contributed by atoms with Gasteiger partial charge in [0.1, 0.15) is 5.60 Å². The van der Waals surface area contributed by atoms with Crippen molar-refractivity contribution in [1.82, 2.24) is 4.98 Å². The molecule has 6 nitrogen and oxygen atoms in total. The van der Waals surface area contributed by atoms with Crippen LogP contribution in [0.1, 0.15) is 26.3 Å². The number of carbonyl (C=O) groups excluding carboxylic acids is 1. The van der Waals surface area contributed by atoms with Gasteiger partial charge in [-0.25, -0.2) is 9.59 Å². The Bertz CT molecular complexity index is 504. The zero-order valence-corrected chi connectivity index (χ0v) is 11.0. The molecule has 0 aromatic carbocycles. The molecule has 0 saturated heterocycles. The lowest BCUT2D eigenvalue weighted by Crippen LogP contribution is -2.27. The van der Waals surface area contributed by atoms with Gasteiger partial charge in [-0.1, -0.05) is 0 Å². The molecule has 1 aromatic rings. The maximum absolute atomic E-state index is 11.6. The summed E-state index contributed by atoms with van der Waals surface area (Å²) < 4.78 is 5.11. The molecule has 0 fully saturated rings. The van der Waals surface area contributed by atoms with Crippen molar-refractivity contribution < 1.29 is 19.4 Å². The first-order valence-electron chi connectivity index (χ1n) is 5.63. The minimum atomic E-state index is -1.08. The molecule has 0 saturated carbocycles. The minimum Gasteiger partial charge on any atom is -0.478 e. The predicted octanol–water partition coefficient (Wildman–Crippen LogP) is 2.53. The number of nitrogens with zero attached hydrogens (tertiary/aromatic N) is 1. The van der Waals surface area contributed by atoms with Gasteiger partial charge in [0.2, 0.25) is 0 Å². The summed E-state index contributed by atoms with van der Waals surface area (Å²) in [5, 5.41) is 11.1. The summed E-state index contributed by atoms with van der Waals surface area (Å²) in [4.78, 5) is 26.0. The number of rotatable bonds is 3. The molecule has 0 atom stereocenters. The number of amides is 1. The molecule has 1 aromatic heterocycles. The first-order chi connectivity index (χ1) is 8.78. The molecule has 1 amide bonds. The lowest BCUT2D eigenvalue weighted by Gasteiger charge is -2.20. The molecule has 0 radical (unpaired) electrons. The van der Waals surface area contributed by atoms with Crippen LogP contribution < -0.4 is 5.32 Å². The third kappa shape index (κ3) is 5.67. The first-order valence-corrected chi connectivity index (χ1v) is 5.63. The summed E-state index contributed by atoms with van der Waals surface area (Å²) in [5.74, 6) is -1.08. The lowest BCUT2D eigenvalue weighted by atomic mass is 10.2. The molecule has 6 heteroatoms. The Balaban J connectivity index is 2.84. The fourth-order valence-electron chi connectivity index (χ4n) is 1.23. The summed E-state index contributed by atoms with van der Waals surface area (Å²) in [6.45, 7) is 5.26. The molecule has 1 rings (SSSR count). The second kappa shape index (κ2) is 5.99. The fraction of sp³-hybridized carbons (Fsp3) is 0.308. The normalized spacial score (nSPS) is 11.3. The van der Waals surface area contributed by atoms with E-state index in [0.29, 0.717) is 11.3 Å². The number of aromatic nitrogens is 1. The van der Waals surface area contributed by atoms with Crippen molar-refractivity contribution in [2.24, 2.45) is 0 Å². The second-order valence-corrected chi connectivity index (χ2v) is 4.76. The van der Waals surface area contributed by atoms with Crippen molar-refractivity contribution in [2.75, 3.05) is 5.32 Å². The highest BCUT2D eigenvalue weighted by atomic mass is 16.6. The molecule has 0 spiro atoms. The number of pyridine rings is 1. The highest BCUT2D eigenvalue weighted by Crippen LogP contribution is 2.17. The van der Waals surface area contributed by atoms with Gasteiger partial charge in [-0.2, -0.15) is 0 Å². The Morgan fingerprint density at radius 2 is 2.11 bits per heavy atom. The third-order valence-corrected chi connectivity index (χ3v) is 1.89. The van der Waals surface area contributed by atoms with E-state index in [0.717, 1.165) is 6.08 Å². The van der Waals surface area contributed by atoms with Crippen molar-refractivity contribution in [3.05, 3.63) is 30.1 Å². The number of carboxylic acids is 1. The van der Waals surface area contributed by atoms with Gasteiger partial charge in [0.05, 0.1) is 5.69 Å². The van der Waals surface area contributed by atoms with E-state index in [9.17, 15) is 9.59 Å². The maximum atomic E-state index is 11.6. The van der Waals surface area contributed by atoms with E-state index in [1.54, 1.807) is 26.8 Å². The largest absolute Gasteiger partial charge is 0.478 e. The topological polar surface area (TPSA) is 88.5 Å². The molecule has 0 bridgehead atoms. The van der Waals surface area contributed by atoms with Crippen molar-refractivity contribution in [3.63, 3.8) is 0 Å². The van der Waals surface area contributed by atoms with Gasteiger partial charge in [0, 0.05) is 24.0 Å². The molecule has 0 aliphatic rings. The van der Waals surface area contributed by atoms with Crippen LogP contribution in [0.25, 0.3) is 6.08 Å². The van der Waals surface area contributed by atoms with E-state index in [4.69, 9.17) is 9.84 Å². The Morgan fingerprint density at radius 3 is 2.68 bits per heavy atom. The standard InChI is InChI=1S/C13H16N2O4/c1-13(2,3)19-12(18)15-10-6-7-14-8-9(10)4-5-11(16)17/h4-8H,1-3H3,(H,16,17)(H,14,15,18)/b5-4+. The molecular formula is C13H16N2O4. The third-order valence-electron chi connectivity index (χ3n) is 1.89. The molecule has 0 unspecified atom stereocenters. The molecule has 19 heavy (non-hydrogen) atoms. The average molecular weight is 264 g/mol. The van der Waals surface area contributed by atoms with Crippen LogP contribution >= 0.6 is 0 Å². The zero-order chi connectivity index (χ0) is 14.5. The number of carboxylic acid groups (broad SMARTS) is 1. The molecule has 0 aliphatic carbocycles. The smallest absolute Gasteiger partial charge is 0.412 e. The van der Waals surface area contributed by atoms with E-state index >= 15 is 0 Å². The average Bonchev–Trinajstić information content (AvgIpc) is 2.25. The monoisotopic (exact) mass is 264 g/mol. The van der Waals surface area contributed by atoms with Crippen LogP contribution in [0, 0.1) is 0 Å². The number of hydrogen-bond acceptors (Lipinski definition) is 4.